The summed E-state index contributed by atoms with van der Waals surface area (Å²) in [6.45, 7) is 2.94. The van der Waals surface area contributed by atoms with Crippen molar-refractivity contribution in [3.8, 4) is 0 Å². The van der Waals surface area contributed by atoms with Crippen LogP contribution in [-0.2, 0) is 9.53 Å². The Hall–Kier alpha value is -1.36. The molecule has 5 heteroatoms. The first-order valence-electron chi connectivity index (χ1n) is 4.57. The highest BCUT2D eigenvalue weighted by Gasteiger charge is 2.23. The maximum Gasteiger partial charge on any atom is 0.231 e. The Morgan fingerprint density at radius 1 is 1.71 bits per heavy atom. The number of rotatable bonds is 2. The third-order valence-electron chi connectivity index (χ3n) is 2.18. The van der Waals surface area contributed by atoms with E-state index in [-0.39, 0.29) is 11.8 Å². The van der Waals surface area contributed by atoms with Crippen molar-refractivity contribution in [2.24, 2.45) is 5.92 Å². The molecule has 1 fully saturated rings. The second kappa shape index (κ2) is 3.79. The van der Waals surface area contributed by atoms with Crippen LogP contribution in [0, 0.1) is 12.8 Å². The number of ether oxygens (including phenoxy) is 1. The molecule has 5 nitrogen and oxygen atoms in total. The number of nitrogens with zero attached hydrogens (tertiary/aromatic N) is 1. The van der Waals surface area contributed by atoms with Crippen molar-refractivity contribution in [1.29, 1.82) is 0 Å². The maximum absolute atomic E-state index is 11.6. The third kappa shape index (κ3) is 1.93. The summed E-state index contributed by atoms with van der Waals surface area (Å²) in [6, 6.07) is 1.69. The van der Waals surface area contributed by atoms with Gasteiger partial charge < -0.3 is 14.6 Å². The average molecular weight is 196 g/mol. The van der Waals surface area contributed by atoms with Gasteiger partial charge in [-0.1, -0.05) is 5.16 Å². The third-order valence-corrected chi connectivity index (χ3v) is 2.18. The van der Waals surface area contributed by atoms with Gasteiger partial charge in [-0.05, 0) is 13.3 Å². The molecule has 0 bridgehead atoms. The van der Waals surface area contributed by atoms with Gasteiger partial charge in [0.25, 0.3) is 0 Å². The Labute approximate surface area is 81.4 Å². The quantitative estimate of drug-likeness (QED) is 0.765. The number of anilines is 1. The molecule has 1 aromatic rings. The van der Waals surface area contributed by atoms with Gasteiger partial charge in [0.2, 0.25) is 5.91 Å². The fraction of sp³-hybridized carbons (Fsp3) is 0.556. The molecule has 2 heterocycles. The van der Waals surface area contributed by atoms with Crippen molar-refractivity contribution < 1.29 is 14.1 Å². The second-order valence-corrected chi connectivity index (χ2v) is 3.37. The average Bonchev–Trinajstić information content (AvgIpc) is 2.75. The fourth-order valence-corrected chi connectivity index (χ4v) is 1.39. The smallest absolute Gasteiger partial charge is 0.231 e. The number of hydrogen-bond acceptors (Lipinski definition) is 4. The van der Waals surface area contributed by atoms with Crippen LogP contribution >= 0.6 is 0 Å². The van der Waals surface area contributed by atoms with Gasteiger partial charge in [-0.15, -0.1) is 0 Å². The number of carbonyl (C=O) groups excluding carboxylic acids is 1. The van der Waals surface area contributed by atoms with Crippen LogP contribution in [-0.4, -0.2) is 24.3 Å². The lowest BCUT2D eigenvalue weighted by molar-refractivity contribution is -0.119. The number of hydrogen-bond donors (Lipinski definition) is 1. The Bertz CT molecular complexity index is 329. The minimum absolute atomic E-state index is 0.0456. The molecule has 0 spiro atoms. The normalized spacial score (nSPS) is 21.1. The van der Waals surface area contributed by atoms with Crippen molar-refractivity contribution >= 4 is 11.7 Å². The predicted molar refractivity (Wildman–Crippen MR) is 48.8 cm³/mol. The summed E-state index contributed by atoms with van der Waals surface area (Å²) in [7, 11) is 0. The summed E-state index contributed by atoms with van der Waals surface area (Å²) in [5, 5.41) is 6.36. The van der Waals surface area contributed by atoms with Gasteiger partial charge >= 0.3 is 0 Å². The van der Waals surface area contributed by atoms with E-state index in [1.807, 2.05) is 0 Å². The van der Waals surface area contributed by atoms with E-state index in [0.29, 0.717) is 24.8 Å². The van der Waals surface area contributed by atoms with Crippen molar-refractivity contribution in [3.63, 3.8) is 0 Å². The molecule has 1 aliphatic heterocycles. The minimum Gasteiger partial charge on any atom is -0.381 e. The van der Waals surface area contributed by atoms with Crippen molar-refractivity contribution in [2.75, 3.05) is 18.5 Å². The van der Waals surface area contributed by atoms with Gasteiger partial charge in [0.15, 0.2) is 5.82 Å². The lowest BCUT2D eigenvalue weighted by atomic mass is 10.1. The van der Waals surface area contributed by atoms with Crippen LogP contribution in [0.1, 0.15) is 12.2 Å². The molecule has 1 saturated heterocycles. The summed E-state index contributed by atoms with van der Waals surface area (Å²) in [4.78, 5) is 11.6. The second-order valence-electron chi connectivity index (χ2n) is 3.37. The topological polar surface area (TPSA) is 64.4 Å². The first-order chi connectivity index (χ1) is 6.75. The monoisotopic (exact) mass is 196 g/mol. The largest absolute Gasteiger partial charge is 0.381 e. The van der Waals surface area contributed by atoms with Crippen LogP contribution in [0.3, 0.4) is 0 Å². The van der Waals surface area contributed by atoms with E-state index in [1.165, 1.54) is 0 Å². The summed E-state index contributed by atoms with van der Waals surface area (Å²) in [6.07, 6.45) is 0.780. The molecule has 1 atom stereocenters. The molecule has 0 aliphatic carbocycles. The Kier molecular flexibility index (Phi) is 2.49. The SMILES string of the molecule is Cc1cc(NC(=O)C2CCOC2)no1. The number of aryl methyl sites for hydroxylation is 1. The van der Waals surface area contributed by atoms with Crippen LogP contribution in [0.4, 0.5) is 5.82 Å². The van der Waals surface area contributed by atoms with E-state index in [1.54, 1.807) is 13.0 Å². The van der Waals surface area contributed by atoms with E-state index in [4.69, 9.17) is 9.26 Å². The van der Waals surface area contributed by atoms with Crippen molar-refractivity contribution in [2.45, 2.75) is 13.3 Å². The van der Waals surface area contributed by atoms with E-state index in [0.717, 1.165) is 6.42 Å². The summed E-state index contributed by atoms with van der Waals surface area (Å²) in [5.74, 6) is 1.06. The zero-order valence-electron chi connectivity index (χ0n) is 7.95. The van der Waals surface area contributed by atoms with E-state index in [2.05, 4.69) is 10.5 Å². The molecule has 0 saturated carbocycles. The summed E-state index contributed by atoms with van der Waals surface area (Å²) >= 11 is 0. The minimum atomic E-state index is -0.0491. The number of carbonyl (C=O) groups is 1. The zero-order chi connectivity index (χ0) is 9.97. The Morgan fingerprint density at radius 3 is 3.14 bits per heavy atom. The predicted octanol–water partition coefficient (Wildman–Crippen LogP) is 0.958. The van der Waals surface area contributed by atoms with Crippen LogP contribution in [0.15, 0.2) is 10.6 Å². The number of amides is 1. The highest BCUT2D eigenvalue weighted by molar-refractivity contribution is 5.91. The molecule has 14 heavy (non-hydrogen) atoms. The van der Waals surface area contributed by atoms with Crippen LogP contribution in [0.2, 0.25) is 0 Å². The summed E-state index contributed by atoms with van der Waals surface area (Å²) < 4.78 is 9.95. The molecular weight excluding hydrogens is 184 g/mol. The lowest BCUT2D eigenvalue weighted by Crippen LogP contribution is -2.22. The molecule has 0 aromatic carbocycles. The van der Waals surface area contributed by atoms with E-state index < -0.39 is 0 Å². The fourth-order valence-electron chi connectivity index (χ4n) is 1.39. The maximum atomic E-state index is 11.6. The van der Waals surface area contributed by atoms with E-state index >= 15 is 0 Å². The zero-order valence-corrected chi connectivity index (χ0v) is 7.95. The lowest BCUT2D eigenvalue weighted by Gasteiger charge is -2.05. The molecular formula is C9H12N2O3. The first-order valence-corrected chi connectivity index (χ1v) is 4.57. The molecule has 2 rings (SSSR count). The molecule has 1 N–H and O–H groups in total. The van der Waals surface area contributed by atoms with Gasteiger partial charge in [0.1, 0.15) is 5.76 Å². The van der Waals surface area contributed by atoms with Crippen molar-refractivity contribution in [3.05, 3.63) is 11.8 Å². The molecule has 1 aliphatic rings. The molecule has 0 radical (unpaired) electrons. The van der Waals surface area contributed by atoms with Gasteiger partial charge in [0.05, 0.1) is 12.5 Å². The first kappa shape index (κ1) is 9.21. The van der Waals surface area contributed by atoms with Gasteiger partial charge in [0, 0.05) is 12.7 Å². The highest BCUT2D eigenvalue weighted by atomic mass is 16.5. The van der Waals surface area contributed by atoms with Crippen LogP contribution in [0.5, 0.6) is 0 Å². The standard InChI is InChI=1S/C9H12N2O3/c1-6-4-8(11-14-6)10-9(12)7-2-3-13-5-7/h4,7H,2-3,5H2,1H3,(H,10,11,12). The van der Waals surface area contributed by atoms with Gasteiger partial charge in [-0.3, -0.25) is 4.79 Å². The van der Waals surface area contributed by atoms with Crippen molar-refractivity contribution in [1.82, 2.24) is 5.16 Å². The highest BCUT2D eigenvalue weighted by Crippen LogP contribution is 2.15. The molecule has 1 aromatic heterocycles. The molecule has 1 unspecified atom stereocenters. The molecule has 76 valence electrons. The van der Waals surface area contributed by atoms with Crippen LogP contribution < -0.4 is 5.32 Å². The van der Waals surface area contributed by atoms with E-state index in [9.17, 15) is 4.79 Å². The van der Waals surface area contributed by atoms with Crippen LogP contribution in [0.25, 0.3) is 0 Å². The Balaban J connectivity index is 1.93. The number of aromatic nitrogens is 1. The van der Waals surface area contributed by atoms with Gasteiger partial charge in [-0.2, -0.15) is 0 Å². The Morgan fingerprint density at radius 2 is 2.57 bits per heavy atom. The number of nitrogens with one attached hydrogen (secondary N) is 1. The molecule has 1 amide bonds. The summed E-state index contributed by atoms with van der Waals surface area (Å²) in [5.41, 5.74) is 0. The van der Waals surface area contributed by atoms with Gasteiger partial charge in [-0.25, -0.2) is 0 Å².